The second-order valence-electron chi connectivity index (χ2n) is 3.78. The Kier molecular flexibility index (Phi) is 6.70. The third-order valence-electron chi connectivity index (χ3n) is 2.28. The third-order valence-corrected chi connectivity index (χ3v) is 2.28. The van der Waals surface area contributed by atoms with E-state index in [-0.39, 0.29) is 11.8 Å². The van der Waals surface area contributed by atoms with Crippen molar-refractivity contribution < 1.29 is 9.59 Å². The van der Waals surface area contributed by atoms with Gasteiger partial charge in [0.25, 0.3) is 0 Å². The molecule has 5 nitrogen and oxygen atoms in total. The summed E-state index contributed by atoms with van der Waals surface area (Å²) in [6.45, 7) is 4.23. The van der Waals surface area contributed by atoms with E-state index in [0.29, 0.717) is 18.9 Å². The van der Waals surface area contributed by atoms with E-state index in [4.69, 9.17) is 5.73 Å². The Bertz CT molecular complexity index is 219. The number of carbonyl (C=O) groups excluding carboxylic acids is 2. The highest BCUT2D eigenvalue weighted by atomic mass is 16.2. The lowest BCUT2D eigenvalue weighted by atomic mass is 10.1. The molecule has 0 heterocycles. The second kappa shape index (κ2) is 7.23. The average Bonchev–Trinajstić information content (AvgIpc) is 2.24. The number of rotatable bonds is 6. The van der Waals surface area contributed by atoms with Crippen molar-refractivity contribution in [3.05, 3.63) is 0 Å². The molecule has 0 radical (unpaired) electrons. The maximum absolute atomic E-state index is 11.4. The highest BCUT2D eigenvalue weighted by molar-refractivity contribution is 5.86. The molecule has 0 aliphatic carbocycles. The van der Waals surface area contributed by atoms with Gasteiger partial charge in [-0.1, -0.05) is 6.92 Å². The van der Waals surface area contributed by atoms with E-state index in [0.717, 1.165) is 6.42 Å². The lowest BCUT2D eigenvalue weighted by molar-refractivity contribution is -0.128. The molecule has 2 amide bonds. The van der Waals surface area contributed by atoms with Crippen LogP contribution >= 0.6 is 0 Å². The van der Waals surface area contributed by atoms with E-state index in [1.54, 1.807) is 14.0 Å². The van der Waals surface area contributed by atoms with Crippen molar-refractivity contribution in [2.75, 3.05) is 13.6 Å². The Morgan fingerprint density at radius 3 is 2.40 bits per heavy atom. The van der Waals surface area contributed by atoms with Crippen molar-refractivity contribution in [1.29, 1.82) is 0 Å². The lowest BCUT2D eigenvalue weighted by Gasteiger charge is -2.13. The number of nitrogens with one attached hydrogen (secondary N) is 2. The number of hydrogen-bond acceptors (Lipinski definition) is 3. The Labute approximate surface area is 90.8 Å². The van der Waals surface area contributed by atoms with Crippen LogP contribution in [0.5, 0.6) is 0 Å². The number of amides is 2. The highest BCUT2D eigenvalue weighted by Gasteiger charge is 2.13. The van der Waals surface area contributed by atoms with Crippen molar-refractivity contribution in [2.45, 2.75) is 32.7 Å². The quantitative estimate of drug-likeness (QED) is 0.564. The predicted molar refractivity (Wildman–Crippen MR) is 59.1 cm³/mol. The van der Waals surface area contributed by atoms with Gasteiger partial charge < -0.3 is 16.4 Å². The van der Waals surface area contributed by atoms with Crippen molar-refractivity contribution in [2.24, 2.45) is 11.7 Å². The molecule has 0 saturated heterocycles. The molecule has 2 atom stereocenters. The largest absolute Gasteiger partial charge is 0.357 e. The van der Waals surface area contributed by atoms with E-state index >= 15 is 0 Å². The maximum atomic E-state index is 11.4. The molecule has 0 saturated carbocycles. The summed E-state index contributed by atoms with van der Waals surface area (Å²) in [6, 6.07) is -0.476. The van der Waals surface area contributed by atoms with Gasteiger partial charge in [-0.3, -0.25) is 9.59 Å². The summed E-state index contributed by atoms with van der Waals surface area (Å²) in [7, 11) is 1.54. The molecular weight excluding hydrogens is 194 g/mol. The molecule has 15 heavy (non-hydrogen) atoms. The van der Waals surface area contributed by atoms with Crippen LogP contribution in [0.3, 0.4) is 0 Å². The standard InChI is InChI=1S/C10H21N3O2/c1-7(6-11)4-5-9(14)13-8(2)10(15)12-3/h7-8H,4-6,11H2,1-3H3,(H,12,15)(H,13,14). The van der Waals surface area contributed by atoms with Gasteiger partial charge in [0.2, 0.25) is 11.8 Å². The van der Waals surface area contributed by atoms with Crippen LogP contribution in [0.25, 0.3) is 0 Å². The summed E-state index contributed by atoms with van der Waals surface area (Å²) >= 11 is 0. The zero-order valence-corrected chi connectivity index (χ0v) is 9.67. The zero-order valence-electron chi connectivity index (χ0n) is 9.67. The first-order valence-corrected chi connectivity index (χ1v) is 5.22. The molecule has 2 unspecified atom stereocenters. The minimum atomic E-state index is -0.476. The Morgan fingerprint density at radius 1 is 1.33 bits per heavy atom. The van der Waals surface area contributed by atoms with E-state index in [1.165, 1.54) is 0 Å². The zero-order chi connectivity index (χ0) is 11.8. The fourth-order valence-electron chi connectivity index (χ4n) is 1.09. The van der Waals surface area contributed by atoms with Gasteiger partial charge in [0.1, 0.15) is 6.04 Å². The molecule has 0 fully saturated rings. The molecule has 4 N–H and O–H groups in total. The molecule has 5 heteroatoms. The van der Waals surface area contributed by atoms with Crippen molar-refractivity contribution in [3.8, 4) is 0 Å². The van der Waals surface area contributed by atoms with Gasteiger partial charge in [0.05, 0.1) is 0 Å². The van der Waals surface area contributed by atoms with E-state index in [1.807, 2.05) is 6.92 Å². The van der Waals surface area contributed by atoms with Crippen LogP contribution in [0.1, 0.15) is 26.7 Å². The Balaban J connectivity index is 3.78. The molecule has 0 aromatic rings. The molecule has 0 aromatic carbocycles. The molecule has 0 aliphatic rings. The van der Waals surface area contributed by atoms with Crippen molar-refractivity contribution >= 4 is 11.8 Å². The monoisotopic (exact) mass is 215 g/mol. The first-order valence-electron chi connectivity index (χ1n) is 5.22. The first-order chi connectivity index (χ1) is 7.01. The summed E-state index contributed by atoms with van der Waals surface area (Å²) in [4.78, 5) is 22.5. The van der Waals surface area contributed by atoms with Crippen molar-refractivity contribution in [1.82, 2.24) is 10.6 Å². The molecule has 0 aliphatic heterocycles. The van der Waals surface area contributed by atoms with Gasteiger partial charge in [0, 0.05) is 13.5 Å². The summed E-state index contributed by atoms with van der Waals surface area (Å²) in [6.07, 6.45) is 1.17. The minimum Gasteiger partial charge on any atom is -0.357 e. The fourth-order valence-corrected chi connectivity index (χ4v) is 1.09. The van der Waals surface area contributed by atoms with Gasteiger partial charge in [0.15, 0.2) is 0 Å². The van der Waals surface area contributed by atoms with Gasteiger partial charge in [-0.25, -0.2) is 0 Å². The highest BCUT2D eigenvalue weighted by Crippen LogP contribution is 2.02. The second-order valence-corrected chi connectivity index (χ2v) is 3.78. The van der Waals surface area contributed by atoms with Crippen LogP contribution in [0.4, 0.5) is 0 Å². The number of hydrogen-bond donors (Lipinski definition) is 3. The summed E-state index contributed by atoms with van der Waals surface area (Å²) in [5.41, 5.74) is 5.43. The van der Waals surface area contributed by atoms with Crippen LogP contribution in [-0.2, 0) is 9.59 Å². The van der Waals surface area contributed by atoms with Crippen LogP contribution in [0.15, 0.2) is 0 Å². The summed E-state index contributed by atoms with van der Waals surface area (Å²) in [5.74, 6) is 0.0488. The summed E-state index contributed by atoms with van der Waals surface area (Å²) < 4.78 is 0. The van der Waals surface area contributed by atoms with Crippen molar-refractivity contribution in [3.63, 3.8) is 0 Å². The van der Waals surface area contributed by atoms with Crippen LogP contribution in [0, 0.1) is 5.92 Å². The maximum Gasteiger partial charge on any atom is 0.242 e. The normalized spacial score (nSPS) is 14.1. The SMILES string of the molecule is CNC(=O)C(C)NC(=O)CCC(C)CN. The Morgan fingerprint density at radius 2 is 1.93 bits per heavy atom. The number of carbonyl (C=O) groups is 2. The molecule has 0 aromatic heterocycles. The molecule has 88 valence electrons. The molecule has 0 rings (SSSR count). The van der Waals surface area contributed by atoms with Gasteiger partial charge in [-0.05, 0) is 25.8 Å². The van der Waals surface area contributed by atoms with Crippen LogP contribution in [0.2, 0.25) is 0 Å². The van der Waals surface area contributed by atoms with Crippen LogP contribution in [-0.4, -0.2) is 31.4 Å². The number of nitrogens with two attached hydrogens (primary N) is 1. The topological polar surface area (TPSA) is 84.2 Å². The third kappa shape index (κ3) is 6.06. The van der Waals surface area contributed by atoms with E-state index in [9.17, 15) is 9.59 Å². The molecule has 0 bridgehead atoms. The smallest absolute Gasteiger partial charge is 0.242 e. The fraction of sp³-hybridized carbons (Fsp3) is 0.800. The van der Waals surface area contributed by atoms with E-state index < -0.39 is 6.04 Å². The average molecular weight is 215 g/mol. The van der Waals surface area contributed by atoms with Crippen LogP contribution < -0.4 is 16.4 Å². The van der Waals surface area contributed by atoms with Gasteiger partial charge >= 0.3 is 0 Å². The number of likely N-dealkylation sites (N-methyl/N-ethyl adjacent to an activating group) is 1. The predicted octanol–water partition coefficient (Wildman–Crippen LogP) is -0.388. The lowest BCUT2D eigenvalue weighted by Crippen LogP contribution is -2.43. The van der Waals surface area contributed by atoms with E-state index in [2.05, 4.69) is 10.6 Å². The van der Waals surface area contributed by atoms with Gasteiger partial charge in [-0.2, -0.15) is 0 Å². The molecule has 0 spiro atoms. The summed E-state index contributed by atoms with van der Waals surface area (Å²) in [5, 5.41) is 5.09. The minimum absolute atomic E-state index is 0.105. The van der Waals surface area contributed by atoms with Gasteiger partial charge in [-0.15, -0.1) is 0 Å². The first kappa shape index (κ1) is 13.9. The molecular formula is C10H21N3O2. The Hall–Kier alpha value is -1.10.